The average molecular weight is 312 g/mol. The molecule has 2 fully saturated rings. The van der Waals surface area contributed by atoms with Crippen LogP contribution in [0.4, 0.5) is 0 Å². The van der Waals surface area contributed by atoms with Gasteiger partial charge in [-0.2, -0.15) is 0 Å². The van der Waals surface area contributed by atoms with Crippen LogP contribution in [0.25, 0.3) is 6.08 Å². The summed E-state index contributed by atoms with van der Waals surface area (Å²) < 4.78 is 0. The molecule has 0 spiro atoms. The first kappa shape index (κ1) is 15.8. The predicted octanol–water partition coefficient (Wildman–Crippen LogP) is 2.75. The lowest BCUT2D eigenvalue weighted by Crippen LogP contribution is -2.48. The summed E-state index contributed by atoms with van der Waals surface area (Å²) in [5.74, 6) is 0.0787. The van der Waals surface area contributed by atoms with Crippen molar-refractivity contribution >= 4 is 17.9 Å². The second kappa shape index (κ2) is 7.44. The summed E-state index contributed by atoms with van der Waals surface area (Å²) in [6.07, 6.45) is 9.69. The standard InChI is InChI=1S/C19H24N2O2/c22-18-13-12-17(20-18)19(23)21-14-6-2-5-9-16(21)11-10-15-7-3-1-4-8-15/h1,3-4,7-8,10-11,16-17H,2,5-6,9,12-14H2,(H,20,22)/b11-10+/t16-,17+/m0/s1. The summed E-state index contributed by atoms with van der Waals surface area (Å²) in [6.45, 7) is 0.787. The molecule has 0 aromatic heterocycles. The van der Waals surface area contributed by atoms with Crippen LogP contribution in [0, 0.1) is 0 Å². The molecule has 0 aliphatic carbocycles. The van der Waals surface area contributed by atoms with E-state index >= 15 is 0 Å². The first-order chi connectivity index (χ1) is 11.2. The van der Waals surface area contributed by atoms with Gasteiger partial charge in [-0.25, -0.2) is 0 Å². The van der Waals surface area contributed by atoms with Crippen molar-refractivity contribution in [1.82, 2.24) is 10.2 Å². The van der Waals surface area contributed by atoms with Crippen molar-refractivity contribution in [3.05, 3.63) is 42.0 Å². The lowest BCUT2D eigenvalue weighted by molar-refractivity contribution is -0.135. The normalized spacial score (nSPS) is 25.4. The molecule has 0 unspecified atom stereocenters. The number of nitrogens with one attached hydrogen (secondary N) is 1. The fraction of sp³-hybridized carbons (Fsp3) is 0.474. The molecule has 1 aromatic carbocycles. The number of hydrogen-bond donors (Lipinski definition) is 1. The van der Waals surface area contributed by atoms with E-state index in [1.54, 1.807) is 0 Å². The summed E-state index contributed by atoms with van der Waals surface area (Å²) in [6, 6.07) is 9.97. The van der Waals surface area contributed by atoms with Crippen LogP contribution >= 0.6 is 0 Å². The number of carbonyl (C=O) groups is 2. The molecule has 4 heteroatoms. The first-order valence-corrected chi connectivity index (χ1v) is 8.57. The molecule has 1 aromatic rings. The SMILES string of the molecule is O=C1CC[C@H](C(=O)N2CCCCC[C@H]2/C=C/c2ccccc2)N1. The number of benzene rings is 1. The zero-order valence-corrected chi connectivity index (χ0v) is 13.4. The quantitative estimate of drug-likeness (QED) is 0.933. The molecule has 0 saturated carbocycles. The van der Waals surface area contributed by atoms with Crippen molar-refractivity contribution in [2.75, 3.05) is 6.54 Å². The second-order valence-corrected chi connectivity index (χ2v) is 6.38. The highest BCUT2D eigenvalue weighted by Crippen LogP contribution is 2.21. The second-order valence-electron chi connectivity index (χ2n) is 6.38. The highest BCUT2D eigenvalue weighted by atomic mass is 16.2. The Morgan fingerprint density at radius 1 is 1.13 bits per heavy atom. The molecule has 122 valence electrons. The van der Waals surface area contributed by atoms with Crippen LogP contribution < -0.4 is 5.32 Å². The minimum Gasteiger partial charge on any atom is -0.344 e. The van der Waals surface area contributed by atoms with E-state index < -0.39 is 0 Å². The van der Waals surface area contributed by atoms with Gasteiger partial charge in [0.05, 0.1) is 6.04 Å². The van der Waals surface area contributed by atoms with Crippen molar-refractivity contribution in [2.24, 2.45) is 0 Å². The molecule has 2 aliphatic heterocycles. The van der Waals surface area contributed by atoms with Crippen LogP contribution in [0.3, 0.4) is 0 Å². The summed E-state index contributed by atoms with van der Waals surface area (Å²) in [5, 5.41) is 2.81. The fourth-order valence-electron chi connectivity index (χ4n) is 3.39. The van der Waals surface area contributed by atoms with Crippen LogP contribution in [-0.4, -0.2) is 35.3 Å². The third-order valence-corrected chi connectivity index (χ3v) is 4.69. The van der Waals surface area contributed by atoms with Crippen LogP contribution in [-0.2, 0) is 9.59 Å². The summed E-state index contributed by atoms with van der Waals surface area (Å²) in [5.41, 5.74) is 1.15. The van der Waals surface area contributed by atoms with Crippen molar-refractivity contribution in [2.45, 2.75) is 50.6 Å². The maximum atomic E-state index is 12.8. The Bertz CT molecular complexity index is 582. The zero-order valence-electron chi connectivity index (χ0n) is 13.4. The van der Waals surface area contributed by atoms with E-state index in [1.807, 2.05) is 23.1 Å². The Kier molecular flexibility index (Phi) is 5.11. The third-order valence-electron chi connectivity index (χ3n) is 4.69. The Labute approximate surface area is 137 Å². The molecule has 4 nitrogen and oxygen atoms in total. The number of nitrogens with zero attached hydrogens (tertiary/aromatic N) is 1. The number of amides is 2. The largest absolute Gasteiger partial charge is 0.344 e. The van der Waals surface area contributed by atoms with E-state index in [0.29, 0.717) is 12.8 Å². The minimum atomic E-state index is -0.326. The molecule has 23 heavy (non-hydrogen) atoms. The molecule has 2 aliphatic rings. The van der Waals surface area contributed by atoms with Gasteiger partial charge >= 0.3 is 0 Å². The van der Waals surface area contributed by atoms with Gasteiger partial charge < -0.3 is 10.2 Å². The molecule has 0 radical (unpaired) electrons. The average Bonchev–Trinajstić information content (AvgIpc) is 2.88. The lowest BCUT2D eigenvalue weighted by Gasteiger charge is -2.30. The topological polar surface area (TPSA) is 49.4 Å². The minimum absolute atomic E-state index is 0.00505. The van der Waals surface area contributed by atoms with Crippen LogP contribution in [0.2, 0.25) is 0 Å². The Morgan fingerprint density at radius 2 is 1.96 bits per heavy atom. The molecule has 2 atom stereocenters. The van der Waals surface area contributed by atoms with E-state index in [0.717, 1.165) is 37.8 Å². The van der Waals surface area contributed by atoms with E-state index in [2.05, 4.69) is 29.6 Å². The lowest BCUT2D eigenvalue weighted by atomic mass is 10.1. The molecule has 2 amide bonds. The summed E-state index contributed by atoms with van der Waals surface area (Å²) in [7, 11) is 0. The van der Waals surface area contributed by atoms with E-state index in [4.69, 9.17) is 0 Å². The van der Waals surface area contributed by atoms with Crippen LogP contribution in [0.15, 0.2) is 36.4 Å². The van der Waals surface area contributed by atoms with Crippen molar-refractivity contribution < 1.29 is 9.59 Å². The maximum absolute atomic E-state index is 12.8. The maximum Gasteiger partial charge on any atom is 0.245 e. The van der Waals surface area contributed by atoms with Gasteiger partial charge in [-0.15, -0.1) is 0 Å². The number of likely N-dealkylation sites (tertiary alicyclic amines) is 1. The number of hydrogen-bond acceptors (Lipinski definition) is 2. The van der Waals surface area contributed by atoms with Gasteiger partial charge in [0, 0.05) is 13.0 Å². The smallest absolute Gasteiger partial charge is 0.245 e. The number of rotatable bonds is 3. The summed E-state index contributed by atoms with van der Waals surface area (Å²) in [4.78, 5) is 26.2. The molecule has 2 saturated heterocycles. The molecule has 2 heterocycles. The Balaban J connectivity index is 1.73. The Hall–Kier alpha value is -2.10. The molecule has 3 rings (SSSR count). The zero-order chi connectivity index (χ0) is 16.1. The van der Waals surface area contributed by atoms with Gasteiger partial charge in [0.15, 0.2) is 0 Å². The highest BCUT2D eigenvalue weighted by molar-refractivity contribution is 5.91. The van der Waals surface area contributed by atoms with Crippen molar-refractivity contribution in [3.63, 3.8) is 0 Å². The predicted molar refractivity (Wildman–Crippen MR) is 90.6 cm³/mol. The fourth-order valence-corrected chi connectivity index (χ4v) is 3.39. The summed E-state index contributed by atoms with van der Waals surface area (Å²) >= 11 is 0. The third kappa shape index (κ3) is 4.01. The molecular weight excluding hydrogens is 288 g/mol. The first-order valence-electron chi connectivity index (χ1n) is 8.57. The van der Waals surface area contributed by atoms with Gasteiger partial charge in [0.2, 0.25) is 11.8 Å². The molecule has 0 bridgehead atoms. The van der Waals surface area contributed by atoms with E-state index in [1.165, 1.54) is 0 Å². The van der Waals surface area contributed by atoms with Gasteiger partial charge in [0.25, 0.3) is 0 Å². The van der Waals surface area contributed by atoms with Gasteiger partial charge in [0.1, 0.15) is 6.04 Å². The monoisotopic (exact) mass is 312 g/mol. The molecule has 1 N–H and O–H groups in total. The van der Waals surface area contributed by atoms with Crippen molar-refractivity contribution in [3.8, 4) is 0 Å². The van der Waals surface area contributed by atoms with E-state index in [-0.39, 0.29) is 23.9 Å². The van der Waals surface area contributed by atoms with Crippen LogP contribution in [0.1, 0.15) is 44.1 Å². The Morgan fingerprint density at radius 3 is 2.70 bits per heavy atom. The highest BCUT2D eigenvalue weighted by Gasteiger charge is 2.33. The van der Waals surface area contributed by atoms with Gasteiger partial charge in [-0.3, -0.25) is 9.59 Å². The number of carbonyl (C=O) groups excluding carboxylic acids is 2. The van der Waals surface area contributed by atoms with Gasteiger partial charge in [-0.1, -0.05) is 55.3 Å². The van der Waals surface area contributed by atoms with Gasteiger partial charge in [-0.05, 0) is 24.8 Å². The van der Waals surface area contributed by atoms with Crippen LogP contribution in [0.5, 0.6) is 0 Å². The van der Waals surface area contributed by atoms with E-state index in [9.17, 15) is 9.59 Å². The molecular formula is C19H24N2O2. The van der Waals surface area contributed by atoms with Crippen molar-refractivity contribution in [1.29, 1.82) is 0 Å².